The highest BCUT2D eigenvalue weighted by atomic mass is 19.3. The molecule has 0 fully saturated rings. The average Bonchev–Trinajstić information content (AvgIpc) is 2.81. The van der Waals surface area contributed by atoms with Crippen molar-refractivity contribution in [1.82, 2.24) is 0 Å². The molecule has 0 aromatic heterocycles. The molecule has 0 spiro atoms. The average molecular weight is 484 g/mol. The Balaban J connectivity index is 1.73. The number of benzene rings is 3. The second-order valence-corrected chi connectivity index (χ2v) is 7.34. The van der Waals surface area contributed by atoms with Crippen molar-refractivity contribution in [3.05, 3.63) is 77.4 Å². The maximum absolute atomic E-state index is 14.6. The van der Waals surface area contributed by atoms with Gasteiger partial charge in [-0.1, -0.05) is 37.6 Å². The van der Waals surface area contributed by atoms with E-state index in [0.29, 0.717) is 5.56 Å². The van der Waals surface area contributed by atoms with Crippen LogP contribution in [0.1, 0.15) is 25.8 Å². The van der Waals surface area contributed by atoms with Crippen LogP contribution in [0.4, 0.5) is 26.3 Å². The molecule has 0 aliphatic carbocycles. The first-order valence-electron chi connectivity index (χ1n) is 10.5. The third-order valence-corrected chi connectivity index (χ3v) is 4.82. The summed E-state index contributed by atoms with van der Waals surface area (Å²) in [7, 11) is 0. The monoisotopic (exact) mass is 484 g/mol. The van der Waals surface area contributed by atoms with Crippen molar-refractivity contribution < 1.29 is 40.6 Å². The zero-order chi connectivity index (χ0) is 24.9. The van der Waals surface area contributed by atoms with E-state index in [9.17, 15) is 26.3 Å². The molecule has 3 aromatic carbocycles. The van der Waals surface area contributed by atoms with E-state index in [0.717, 1.165) is 42.7 Å². The van der Waals surface area contributed by atoms with E-state index in [1.165, 1.54) is 0 Å². The van der Waals surface area contributed by atoms with Gasteiger partial charge in [0.1, 0.15) is 0 Å². The normalized spacial score (nSPS) is 11.4. The lowest BCUT2D eigenvalue weighted by atomic mass is 10.0. The van der Waals surface area contributed by atoms with Gasteiger partial charge in [-0.25, -0.2) is 4.39 Å². The summed E-state index contributed by atoms with van der Waals surface area (Å²) in [6, 6.07) is 10.6. The molecule has 0 saturated carbocycles. The minimum atomic E-state index is -4.18. The standard InChI is InChI=1S/C25H22F6O3/c1-3-5-15-6-8-16(9-7-15)17-10-11-20(24(29)21(17)26)34-25(30,31)14-33-19-13-12-18(32-4-2)22(27)23(19)28/h6-13H,3-5,14H2,1-2H3. The van der Waals surface area contributed by atoms with Gasteiger partial charge in [-0.3, -0.25) is 0 Å². The third-order valence-electron chi connectivity index (χ3n) is 4.82. The molecule has 0 radical (unpaired) electrons. The highest BCUT2D eigenvalue weighted by Crippen LogP contribution is 2.34. The quantitative estimate of drug-likeness (QED) is 0.283. The molecule has 3 rings (SSSR count). The van der Waals surface area contributed by atoms with E-state index in [4.69, 9.17) is 4.74 Å². The summed E-state index contributed by atoms with van der Waals surface area (Å²) >= 11 is 0. The lowest BCUT2D eigenvalue weighted by molar-refractivity contribution is -0.197. The minimum absolute atomic E-state index is 0.0631. The number of halogens is 6. The molecular weight excluding hydrogens is 462 g/mol. The second-order valence-electron chi connectivity index (χ2n) is 7.34. The lowest BCUT2D eigenvalue weighted by Crippen LogP contribution is -2.33. The zero-order valence-corrected chi connectivity index (χ0v) is 18.4. The SMILES string of the molecule is CCCc1ccc(-c2ccc(OC(F)(F)COc3ccc(OCC)c(F)c3F)c(F)c2F)cc1. The zero-order valence-electron chi connectivity index (χ0n) is 18.4. The van der Waals surface area contributed by atoms with Crippen molar-refractivity contribution in [3.8, 4) is 28.4 Å². The molecule has 3 nitrogen and oxygen atoms in total. The maximum atomic E-state index is 14.6. The van der Waals surface area contributed by atoms with Crippen LogP contribution in [0.5, 0.6) is 17.2 Å². The summed E-state index contributed by atoms with van der Waals surface area (Å²) in [5, 5.41) is 0. The van der Waals surface area contributed by atoms with Gasteiger partial charge >= 0.3 is 6.11 Å². The Bertz CT molecular complexity index is 1130. The van der Waals surface area contributed by atoms with Crippen LogP contribution in [-0.2, 0) is 6.42 Å². The van der Waals surface area contributed by atoms with E-state index < -0.39 is 53.2 Å². The summed E-state index contributed by atoms with van der Waals surface area (Å²) in [6.45, 7) is 2.04. The highest BCUT2D eigenvalue weighted by molar-refractivity contribution is 5.65. The van der Waals surface area contributed by atoms with E-state index in [-0.39, 0.29) is 12.2 Å². The molecular formula is C25H22F6O3. The Morgan fingerprint density at radius 3 is 1.82 bits per heavy atom. The Morgan fingerprint density at radius 1 is 0.676 bits per heavy atom. The molecule has 0 bridgehead atoms. The summed E-state index contributed by atoms with van der Waals surface area (Å²) < 4.78 is 99.1. The predicted molar refractivity (Wildman–Crippen MR) is 114 cm³/mol. The summed E-state index contributed by atoms with van der Waals surface area (Å²) in [6.07, 6.45) is -2.43. The molecule has 9 heteroatoms. The maximum Gasteiger partial charge on any atom is 0.433 e. The van der Waals surface area contributed by atoms with E-state index in [2.05, 4.69) is 9.47 Å². The number of hydrogen-bond donors (Lipinski definition) is 0. The van der Waals surface area contributed by atoms with Crippen LogP contribution in [-0.4, -0.2) is 19.3 Å². The molecule has 3 aromatic rings. The van der Waals surface area contributed by atoms with Gasteiger partial charge in [0.25, 0.3) is 0 Å². The smallest absolute Gasteiger partial charge is 0.433 e. The molecule has 0 unspecified atom stereocenters. The molecule has 182 valence electrons. The predicted octanol–water partition coefficient (Wildman–Crippen LogP) is 7.31. The summed E-state index contributed by atoms with van der Waals surface area (Å²) in [4.78, 5) is 0. The Labute approximate surface area is 192 Å². The van der Waals surface area contributed by atoms with Crippen LogP contribution < -0.4 is 14.2 Å². The van der Waals surface area contributed by atoms with Gasteiger partial charge < -0.3 is 14.2 Å². The summed E-state index contributed by atoms with van der Waals surface area (Å²) in [5.74, 6) is -8.21. The van der Waals surface area contributed by atoms with Gasteiger partial charge in [0, 0.05) is 5.56 Å². The van der Waals surface area contributed by atoms with Crippen LogP contribution in [0, 0.1) is 23.3 Å². The molecule has 0 heterocycles. The number of rotatable bonds is 10. The first-order chi connectivity index (χ1) is 16.2. The lowest BCUT2D eigenvalue weighted by Gasteiger charge is -2.20. The van der Waals surface area contributed by atoms with Gasteiger partial charge in [-0.15, -0.1) is 0 Å². The molecule has 0 aliphatic heterocycles. The molecule has 34 heavy (non-hydrogen) atoms. The Kier molecular flexibility index (Phi) is 7.96. The summed E-state index contributed by atoms with van der Waals surface area (Å²) in [5.41, 5.74) is 1.26. The van der Waals surface area contributed by atoms with Crippen molar-refractivity contribution in [2.24, 2.45) is 0 Å². The van der Waals surface area contributed by atoms with E-state index in [1.807, 2.05) is 6.92 Å². The van der Waals surface area contributed by atoms with Gasteiger partial charge in [0.15, 0.2) is 29.7 Å². The largest absolute Gasteiger partial charge is 0.491 e. The first kappa shape index (κ1) is 25.3. The van der Waals surface area contributed by atoms with Crippen LogP contribution in [0.15, 0.2) is 48.5 Å². The fraction of sp³-hybridized carbons (Fsp3) is 0.280. The first-order valence-corrected chi connectivity index (χ1v) is 10.5. The van der Waals surface area contributed by atoms with Crippen molar-refractivity contribution in [3.63, 3.8) is 0 Å². The fourth-order valence-corrected chi connectivity index (χ4v) is 3.22. The van der Waals surface area contributed by atoms with Gasteiger partial charge in [0.05, 0.1) is 6.61 Å². The van der Waals surface area contributed by atoms with Crippen molar-refractivity contribution >= 4 is 0 Å². The topological polar surface area (TPSA) is 27.7 Å². The van der Waals surface area contributed by atoms with E-state index in [1.54, 1.807) is 31.2 Å². The van der Waals surface area contributed by atoms with Crippen molar-refractivity contribution in [2.75, 3.05) is 13.2 Å². The second kappa shape index (κ2) is 10.7. The van der Waals surface area contributed by atoms with Crippen LogP contribution in [0.3, 0.4) is 0 Å². The van der Waals surface area contributed by atoms with E-state index >= 15 is 0 Å². The number of aryl methyl sites for hydroxylation is 1. The molecule has 0 saturated heterocycles. The van der Waals surface area contributed by atoms with Gasteiger partial charge in [-0.05, 0) is 48.7 Å². The van der Waals surface area contributed by atoms with Crippen molar-refractivity contribution in [1.29, 1.82) is 0 Å². The Morgan fingerprint density at radius 2 is 1.24 bits per heavy atom. The molecule has 0 atom stereocenters. The minimum Gasteiger partial charge on any atom is -0.491 e. The number of ether oxygens (including phenoxy) is 3. The van der Waals surface area contributed by atoms with Crippen molar-refractivity contribution in [2.45, 2.75) is 32.8 Å². The molecule has 0 aliphatic rings. The molecule has 0 N–H and O–H groups in total. The third kappa shape index (κ3) is 5.76. The Hall–Kier alpha value is -3.36. The number of hydrogen-bond acceptors (Lipinski definition) is 3. The highest BCUT2D eigenvalue weighted by Gasteiger charge is 2.35. The van der Waals surface area contributed by atoms with Gasteiger partial charge in [0.2, 0.25) is 17.5 Å². The molecule has 0 amide bonds. The fourth-order valence-electron chi connectivity index (χ4n) is 3.22. The van der Waals surface area contributed by atoms with Crippen LogP contribution in [0.25, 0.3) is 11.1 Å². The van der Waals surface area contributed by atoms with Gasteiger partial charge in [-0.2, -0.15) is 22.0 Å². The number of alkyl halides is 2. The van der Waals surface area contributed by atoms with Crippen LogP contribution in [0.2, 0.25) is 0 Å². The van der Waals surface area contributed by atoms with Crippen LogP contribution >= 0.6 is 0 Å².